The highest BCUT2D eigenvalue weighted by Crippen LogP contribution is 2.26. The number of nitrogens with zero attached hydrogens (tertiary/aromatic N) is 2. The fraction of sp³-hybridized carbons (Fsp3) is 0.235. The zero-order chi connectivity index (χ0) is 13.9. The lowest BCUT2D eigenvalue weighted by atomic mass is 10.1. The molecule has 3 aromatic rings. The van der Waals surface area contributed by atoms with E-state index in [9.17, 15) is 0 Å². The molecule has 0 aliphatic carbocycles. The first-order valence-corrected chi connectivity index (χ1v) is 7.59. The van der Waals surface area contributed by atoms with Crippen molar-refractivity contribution in [2.45, 2.75) is 13.0 Å². The van der Waals surface area contributed by atoms with Crippen LogP contribution in [-0.2, 0) is 13.0 Å². The molecule has 0 atom stereocenters. The summed E-state index contributed by atoms with van der Waals surface area (Å²) in [7, 11) is 4.14. The lowest BCUT2D eigenvalue weighted by Gasteiger charge is -2.07. The van der Waals surface area contributed by atoms with Crippen molar-refractivity contribution >= 4 is 21.6 Å². The predicted molar refractivity (Wildman–Crippen MR) is 86.3 cm³/mol. The van der Waals surface area contributed by atoms with Gasteiger partial charge in [0, 0.05) is 23.2 Å². The van der Waals surface area contributed by atoms with E-state index in [-0.39, 0.29) is 0 Å². The molecule has 3 heteroatoms. The third kappa shape index (κ3) is 3.06. The molecule has 20 heavy (non-hydrogen) atoms. The summed E-state index contributed by atoms with van der Waals surface area (Å²) in [6, 6.07) is 17.2. The van der Waals surface area contributed by atoms with Crippen LogP contribution >= 0.6 is 11.3 Å². The number of pyridine rings is 1. The van der Waals surface area contributed by atoms with Gasteiger partial charge in [-0.3, -0.25) is 0 Å². The molecule has 0 bridgehead atoms. The molecular weight excluding hydrogens is 264 g/mol. The lowest BCUT2D eigenvalue weighted by molar-refractivity contribution is 0.397. The van der Waals surface area contributed by atoms with Gasteiger partial charge in [-0.15, -0.1) is 11.3 Å². The highest BCUT2D eigenvalue weighted by molar-refractivity contribution is 7.18. The number of thiophene rings is 1. The van der Waals surface area contributed by atoms with Gasteiger partial charge in [0.2, 0.25) is 0 Å². The van der Waals surface area contributed by atoms with Gasteiger partial charge in [0.1, 0.15) is 4.83 Å². The van der Waals surface area contributed by atoms with Gasteiger partial charge in [-0.2, -0.15) is 0 Å². The van der Waals surface area contributed by atoms with Crippen LogP contribution in [0.25, 0.3) is 10.2 Å². The lowest BCUT2D eigenvalue weighted by Crippen LogP contribution is -2.11. The summed E-state index contributed by atoms with van der Waals surface area (Å²) in [6.45, 7) is 0.891. The van der Waals surface area contributed by atoms with Crippen LogP contribution < -0.4 is 0 Å². The van der Waals surface area contributed by atoms with Gasteiger partial charge in [0.25, 0.3) is 0 Å². The highest BCUT2D eigenvalue weighted by Gasteiger charge is 2.06. The van der Waals surface area contributed by atoms with E-state index in [0.29, 0.717) is 0 Å². The van der Waals surface area contributed by atoms with E-state index in [1.165, 1.54) is 15.8 Å². The van der Waals surface area contributed by atoms with Crippen molar-refractivity contribution in [2.24, 2.45) is 0 Å². The van der Waals surface area contributed by atoms with Gasteiger partial charge in [-0.1, -0.05) is 36.4 Å². The van der Waals surface area contributed by atoms with Gasteiger partial charge < -0.3 is 4.90 Å². The van der Waals surface area contributed by atoms with Crippen LogP contribution in [0.15, 0.2) is 48.5 Å². The van der Waals surface area contributed by atoms with Crippen LogP contribution in [0.4, 0.5) is 0 Å². The zero-order valence-electron chi connectivity index (χ0n) is 11.8. The molecule has 0 spiro atoms. The first-order chi connectivity index (χ1) is 9.70. The largest absolute Gasteiger partial charge is 0.304 e. The summed E-state index contributed by atoms with van der Waals surface area (Å²) in [5.74, 6) is 0. The molecule has 0 saturated heterocycles. The minimum atomic E-state index is 0.891. The van der Waals surface area contributed by atoms with Gasteiger partial charge in [-0.05, 0) is 31.8 Å². The van der Waals surface area contributed by atoms with Crippen LogP contribution in [-0.4, -0.2) is 24.0 Å². The molecule has 2 aromatic heterocycles. The standard InChI is InChI=1S/C17H18N2S/c1-19(2)12-15-9-8-14-11-16(20-17(14)18-15)10-13-6-4-3-5-7-13/h3-9,11H,10,12H2,1-2H3. The fourth-order valence-corrected chi connectivity index (χ4v) is 3.39. The van der Waals surface area contributed by atoms with Gasteiger partial charge in [-0.25, -0.2) is 4.98 Å². The van der Waals surface area contributed by atoms with E-state index in [4.69, 9.17) is 4.98 Å². The summed E-state index contributed by atoms with van der Waals surface area (Å²) in [4.78, 5) is 9.42. The second kappa shape index (κ2) is 5.73. The average Bonchev–Trinajstić information content (AvgIpc) is 2.80. The Bertz CT molecular complexity index is 701. The Balaban J connectivity index is 1.87. The second-order valence-electron chi connectivity index (χ2n) is 5.31. The summed E-state index contributed by atoms with van der Waals surface area (Å²) in [6.07, 6.45) is 0.991. The van der Waals surface area contributed by atoms with Gasteiger partial charge in [0.05, 0.1) is 5.69 Å². The van der Waals surface area contributed by atoms with E-state index < -0.39 is 0 Å². The first kappa shape index (κ1) is 13.3. The normalized spacial score (nSPS) is 11.3. The van der Waals surface area contributed by atoms with E-state index in [2.05, 4.69) is 67.5 Å². The number of hydrogen-bond donors (Lipinski definition) is 0. The van der Waals surface area contributed by atoms with Crippen molar-refractivity contribution in [1.82, 2.24) is 9.88 Å². The molecule has 0 fully saturated rings. The Morgan fingerprint density at radius 3 is 2.60 bits per heavy atom. The van der Waals surface area contributed by atoms with Crippen molar-refractivity contribution in [3.8, 4) is 0 Å². The Kier molecular flexibility index (Phi) is 3.81. The molecule has 1 aromatic carbocycles. The predicted octanol–water partition coefficient (Wildman–Crippen LogP) is 3.95. The smallest absolute Gasteiger partial charge is 0.123 e. The van der Waals surface area contributed by atoms with Crippen molar-refractivity contribution < 1.29 is 0 Å². The van der Waals surface area contributed by atoms with E-state index in [1.54, 1.807) is 11.3 Å². The molecular formula is C17H18N2S. The fourth-order valence-electron chi connectivity index (χ4n) is 2.30. The van der Waals surface area contributed by atoms with Crippen molar-refractivity contribution in [3.05, 3.63) is 64.7 Å². The Labute approximate surface area is 123 Å². The molecule has 0 aliphatic rings. The van der Waals surface area contributed by atoms with Crippen LogP contribution in [0.1, 0.15) is 16.1 Å². The molecule has 2 nitrogen and oxygen atoms in total. The van der Waals surface area contributed by atoms with Crippen molar-refractivity contribution in [2.75, 3.05) is 14.1 Å². The number of hydrogen-bond acceptors (Lipinski definition) is 3. The minimum absolute atomic E-state index is 0.891. The summed E-state index contributed by atoms with van der Waals surface area (Å²) in [5, 5.41) is 1.25. The van der Waals surface area contributed by atoms with E-state index in [0.717, 1.165) is 23.5 Å². The van der Waals surface area contributed by atoms with E-state index in [1.807, 2.05) is 0 Å². The SMILES string of the molecule is CN(C)Cc1ccc2cc(Cc3ccccc3)sc2n1. The third-order valence-corrected chi connectivity index (χ3v) is 4.24. The van der Waals surface area contributed by atoms with Crippen LogP contribution in [0.5, 0.6) is 0 Å². The molecule has 102 valence electrons. The third-order valence-electron chi connectivity index (χ3n) is 3.19. The average molecular weight is 282 g/mol. The maximum absolute atomic E-state index is 4.75. The molecule has 0 N–H and O–H groups in total. The number of benzene rings is 1. The van der Waals surface area contributed by atoms with Crippen LogP contribution in [0.3, 0.4) is 0 Å². The number of rotatable bonds is 4. The Morgan fingerprint density at radius 1 is 1.05 bits per heavy atom. The topological polar surface area (TPSA) is 16.1 Å². The molecule has 0 saturated carbocycles. The quantitative estimate of drug-likeness (QED) is 0.720. The maximum atomic E-state index is 4.75. The highest BCUT2D eigenvalue weighted by atomic mass is 32.1. The van der Waals surface area contributed by atoms with Crippen molar-refractivity contribution in [1.29, 1.82) is 0 Å². The number of fused-ring (bicyclic) bond motifs is 1. The minimum Gasteiger partial charge on any atom is -0.304 e. The van der Waals surface area contributed by atoms with Crippen LogP contribution in [0, 0.1) is 0 Å². The summed E-state index contributed by atoms with van der Waals surface area (Å²) < 4.78 is 0. The van der Waals surface area contributed by atoms with Crippen molar-refractivity contribution in [3.63, 3.8) is 0 Å². The maximum Gasteiger partial charge on any atom is 0.123 e. The molecule has 0 radical (unpaired) electrons. The summed E-state index contributed by atoms with van der Waals surface area (Å²) >= 11 is 1.80. The molecule has 2 heterocycles. The monoisotopic (exact) mass is 282 g/mol. The molecule has 0 amide bonds. The Hall–Kier alpha value is -1.71. The number of aromatic nitrogens is 1. The second-order valence-corrected chi connectivity index (χ2v) is 6.43. The van der Waals surface area contributed by atoms with E-state index >= 15 is 0 Å². The molecule has 0 unspecified atom stereocenters. The molecule has 3 rings (SSSR count). The summed E-state index contributed by atoms with van der Waals surface area (Å²) in [5.41, 5.74) is 2.49. The molecule has 0 aliphatic heterocycles. The zero-order valence-corrected chi connectivity index (χ0v) is 12.7. The van der Waals surface area contributed by atoms with Gasteiger partial charge >= 0.3 is 0 Å². The van der Waals surface area contributed by atoms with Gasteiger partial charge in [0.15, 0.2) is 0 Å². The van der Waals surface area contributed by atoms with Crippen LogP contribution in [0.2, 0.25) is 0 Å². The Morgan fingerprint density at radius 2 is 1.85 bits per heavy atom. The first-order valence-electron chi connectivity index (χ1n) is 6.78.